The second-order valence-corrected chi connectivity index (χ2v) is 5.67. The Kier molecular flexibility index (Phi) is 2.68. The SMILES string of the molecule is CC(C)(C)C(=O)OC[C@H]1OC(=O)[C@@H]2CC[C@H]12. The molecule has 4 heteroatoms. The van der Waals surface area contributed by atoms with Crippen molar-refractivity contribution in [2.24, 2.45) is 17.3 Å². The highest BCUT2D eigenvalue weighted by molar-refractivity contribution is 5.77. The molecule has 1 saturated carbocycles. The molecule has 4 nitrogen and oxygen atoms in total. The Bertz CT molecular complexity index is 315. The van der Waals surface area contributed by atoms with Crippen LogP contribution in [0.3, 0.4) is 0 Å². The summed E-state index contributed by atoms with van der Waals surface area (Å²) in [5, 5.41) is 0. The molecule has 2 fully saturated rings. The summed E-state index contributed by atoms with van der Waals surface area (Å²) in [6.07, 6.45) is 1.72. The normalized spacial score (nSPS) is 32.7. The molecule has 0 N–H and O–H groups in total. The maximum Gasteiger partial charge on any atom is 0.311 e. The van der Waals surface area contributed by atoms with Crippen LogP contribution in [0.5, 0.6) is 0 Å². The molecular formula is C12H18O4. The highest BCUT2D eigenvalue weighted by Gasteiger charge is 2.50. The van der Waals surface area contributed by atoms with Crippen LogP contribution in [-0.2, 0) is 19.1 Å². The van der Waals surface area contributed by atoms with Crippen LogP contribution in [0.25, 0.3) is 0 Å². The Morgan fingerprint density at radius 2 is 2.12 bits per heavy atom. The van der Waals surface area contributed by atoms with E-state index in [0.29, 0.717) is 0 Å². The molecule has 90 valence electrons. The number of carbonyl (C=O) groups excluding carboxylic acids is 2. The van der Waals surface area contributed by atoms with Gasteiger partial charge in [-0.1, -0.05) is 0 Å². The number of hydrogen-bond acceptors (Lipinski definition) is 4. The summed E-state index contributed by atoms with van der Waals surface area (Å²) < 4.78 is 10.4. The van der Waals surface area contributed by atoms with Gasteiger partial charge in [0.2, 0.25) is 0 Å². The largest absolute Gasteiger partial charge is 0.461 e. The Morgan fingerprint density at radius 3 is 2.56 bits per heavy atom. The van der Waals surface area contributed by atoms with Crippen LogP contribution < -0.4 is 0 Å². The average Bonchev–Trinajstić information content (AvgIpc) is 2.29. The monoisotopic (exact) mass is 226 g/mol. The number of ether oxygens (including phenoxy) is 2. The molecule has 0 amide bonds. The number of esters is 2. The van der Waals surface area contributed by atoms with Crippen LogP contribution in [0.1, 0.15) is 33.6 Å². The van der Waals surface area contributed by atoms with Crippen LogP contribution >= 0.6 is 0 Å². The molecule has 0 aromatic carbocycles. The fourth-order valence-electron chi connectivity index (χ4n) is 2.12. The number of rotatable bonds is 2. The fourth-order valence-corrected chi connectivity index (χ4v) is 2.12. The first kappa shape index (κ1) is 11.4. The highest BCUT2D eigenvalue weighted by atomic mass is 16.6. The van der Waals surface area contributed by atoms with E-state index in [1.54, 1.807) is 0 Å². The van der Waals surface area contributed by atoms with E-state index < -0.39 is 5.41 Å². The Labute approximate surface area is 95.3 Å². The first-order valence-corrected chi connectivity index (χ1v) is 5.77. The van der Waals surface area contributed by atoms with Crippen molar-refractivity contribution in [3.8, 4) is 0 Å². The summed E-state index contributed by atoms with van der Waals surface area (Å²) in [4.78, 5) is 22.9. The fraction of sp³-hybridized carbons (Fsp3) is 0.833. The Hall–Kier alpha value is -1.06. The first-order chi connectivity index (χ1) is 7.39. The number of cyclic esters (lactones) is 1. The van der Waals surface area contributed by atoms with Gasteiger partial charge < -0.3 is 9.47 Å². The second kappa shape index (κ2) is 3.75. The summed E-state index contributed by atoms with van der Waals surface area (Å²) in [5.41, 5.74) is -0.498. The number of fused-ring (bicyclic) bond motifs is 1. The zero-order valence-corrected chi connectivity index (χ0v) is 9.99. The van der Waals surface area contributed by atoms with E-state index in [0.717, 1.165) is 12.8 Å². The van der Waals surface area contributed by atoms with Gasteiger partial charge in [-0.25, -0.2) is 0 Å². The molecule has 2 aliphatic rings. The second-order valence-electron chi connectivity index (χ2n) is 5.67. The summed E-state index contributed by atoms with van der Waals surface area (Å²) in [7, 11) is 0. The predicted octanol–water partition coefficient (Wildman–Crippen LogP) is 1.53. The minimum Gasteiger partial charge on any atom is -0.461 e. The molecule has 1 aliphatic heterocycles. The molecule has 1 saturated heterocycles. The zero-order chi connectivity index (χ0) is 11.9. The van der Waals surface area contributed by atoms with Crippen LogP contribution in [0.4, 0.5) is 0 Å². The van der Waals surface area contributed by atoms with Gasteiger partial charge in [0.05, 0.1) is 11.3 Å². The van der Waals surface area contributed by atoms with Gasteiger partial charge in [-0.2, -0.15) is 0 Å². The average molecular weight is 226 g/mol. The lowest BCUT2D eigenvalue weighted by Crippen LogP contribution is -2.34. The van der Waals surface area contributed by atoms with Crippen molar-refractivity contribution in [1.82, 2.24) is 0 Å². The van der Waals surface area contributed by atoms with Gasteiger partial charge >= 0.3 is 11.9 Å². The lowest BCUT2D eigenvalue weighted by Gasteiger charge is -2.29. The predicted molar refractivity (Wildman–Crippen MR) is 56.5 cm³/mol. The van der Waals surface area contributed by atoms with Crippen molar-refractivity contribution in [2.75, 3.05) is 6.61 Å². The molecule has 0 spiro atoms. The van der Waals surface area contributed by atoms with Crippen molar-refractivity contribution in [1.29, 1.82) is 0 Å². The van der Waals surface area contributed by atoms with Crippen LogP contribution in [-0.4, -0.2) is 24.6 Å². The molecule has 0 unspecified atom stereocenters. The standard InChI is InChI=1S/C12H18O4/c1-12(2,3)11(14)15-6-9-7-4-5-8(7)10(13)16-9/h7-9H,4-6H2,1-3H3/t7-,8+,9+/m0/s1. The summed E-state index contributed by atoms with van der Waals surface area (Å²) in [6, 6.07) is 0. The van der Waals surface area contributed by atoms with Crippen LogP contribution in [0.2, 0.25) is 0 Å². The van der Waals surface area contributed by atoms with E-state index in [9.17, 15) is 9.59 Å². The molecule has 1 aliphatic carbocycles. The third kappa shape index (κ3) is 1.93. The maximum absolute atomic E-state index is 11.5. The van der Waals surface area contributed by atoms with Crippen molar-refractivity contribution in [3.05, 3.63) is 0 Å². The van der Waals surface area contributed by atoms with E-state index in [-0.39, 0.29) is 36.5 Å². The van der Waals surface area contributed by atoms with Crippen molar-refractivity contribution in [3.63, 3.8) is 0 Å². The molecule has 16 heavy (non-hydrogen) atoms. The summed E-state index contributed by atoms with van der Waals surface area (Å²) in [5.74, 6) is -0.0158. The van der Waals surface area contributed by atoms with Gasteiger partial charge in [-0.05, 0) is 33.6 Å². The molecule has 0 aromatic rings. The van der Waals surface area contributed by atoms with Crippen molar-refractivity contribution in [2.45, 2.75) is 39.7 Å². The Morgan fingerprint density at radius 1 is 1.44 bits per heavy atom. The smallest absolute Gasteiger partial charge is 0.311 e. The lowest BCUT2D eigenvalue weighted by atomic mass is 9.73. The van der Waals surface area contributed by atoms with Gasteiger partial charge in [0.25, 0.3) is 0 Å². The van der Waals surface area contributed by atoms with Crippen LogP contribution in [0, 0.1) is 17.3 Å². The van der Waals surface area contributed by atoms with Crippen molar-refractivity contribution < 1.29 is 19.1 Å². The lowest BCUT2D eigenvalue weighted by molar-refractivity contribution is -0.160. The Balaban J connectivity index is 1.83. The van der Waals surface area contributed by atoms with Crippen molar-refractivity contribution >= 4 is 11.9 Å². The highest BCUT2D eigenvalue weighted by Crippen LogP contribution is 2.44. The maximum atomic E-state index is 11.5. The molecule has 0 bridgehead atoms. The quantitative estimate of drug-likeness (QED) is 0.670. The first-order valence-electron chi connectivity index (χ1n) is 5.77. The van der Waals surface area contributed by atoms with Gasteiger partial charge in [-0.15, -0.1) is 0 Å². The number of hydrogen-bond donors (Lipinski definition) is 0. The minimum absolute atomic E-state index is 0.0679. The molecule has 3 atom stereocenters. The number of carbonyl (C=O) groups is 2. The third-order valence-electron chi connectivity index (χ3n) is 3.37. The topological polar surface area (TPSA) is 52.6 Å². The van der Waals surface area contributed by atoms with E-state index in [2.05, 4.69) is 0 Å². The minimum atomic E-state index is -0.498. The van der Waals surface area contributed by atoms with Crippen LogP contribution in [0.15, 0.2) is 0 Å². The van der Waals surface area contributed by atoms with Gasteiger partial charge in [-0.3, -0.25) is 9.59 Å². The zero-order valence-electron chi connectivity index (χ0n) is 9.99. The molecule has 0 radical (unpaired) electrons. The molecule has 0 aromatic heterocycles. The van der Waals surface area contributed by atoms with E-state index in [4.69, 9.17) is 9.47 Å². The van der Waals surface area contributed by atoms with Gasteiger partial charge in [0, 0.05) is 5.92 Å². The molecular weight excluding hydrogens is 208 g/mol. The summed E-state index contributed by atoms with van der Waals surface area (Å²) >= 11 is 0. The summed E-state index contributed by atoms with van der Waals surface area (Å²) in [6.45, 7) is 5.63. The van der Waals surface area contributed by atoms with E-state index in [1.807, 2.05) is 20.8 Å². The molecule has 2 rings (SSSR count). The van der Waals surface area contributed by atoms with E-state index in [1.165, 1.54) is 0 Å². The van der Waals surface area contributed by atoms with Gasteiger partial charge in [0.15, 0.2) is 0 Å². The third-order valence-corrected chi connectivity index (χ3v) is 3.37. The van der Waals surface area contributed by atoms with E-state index >= 15 is 0 Å². The molecule has 1 heterocycles. The van der Waals surface area contributed by atoms with Gasteiger partial charge in [0.1, 0.15) is 12.7 Å².